The van der Waals surface area contributed by atoms with E-state index in [4.69, 9.17) is 0 Å². The van der Waals surface area contributed by atoms with E-state index in [1.54, 1.807) is 0 Å². The van der Waals surface area contributed by atoms with E-state index in [0.717, 1.165) is 0 Å². The van der Waals surface area contributed by atoms with Gasteiger partial charge in [-0.2, -0.15) is 0 Å². The molecule has 0 aliphatic carbocycles. The Balaban J connectivity index is 0. The van der Waals surface area contributed by atoms with Crippen molar-refractivity contribution in [1.29, 1.82) is 0 Å². The SMILES string of the molecule is [Nd].[Nd].[Pt].[Pt].[Pt].[Pt].[Pt].[Pt].[Pt]. The van der Waals surface area contributed by atoms with E-state index >= 15 is 0 Å². The second-order valence-corrected chi connectivity index (χ2v) is 0. The Kier molecular flexibility index (Phi) is 452. The van der Waals surface area contributed by atoms with Gasteiger partial charge in [0.25, 0.3) is 0 Å². The second kappa shape index (κ2) is 57.9. The van der Waals surface area contributed by atoms with Gasteiger partial charge in [0.15, 0.2) is 0 Å². The molecule has 0 bridgehead atoms. The predicted octanol–water partition coefficient (Wildman–Crippen LogP) is -0.0175. The summed E-state index contributed by atoms with van der Waals surface area (Å²) in [6.45, 7) is 0. The molecule has 0 heterocycles. The van der Waals surface area contributed by atoms with Crippen molar-refractivity contribution in [2.45, 2.75) is 0 Å². The van der Waals surface area contributed by atoms with Crippen molar-refractivity contribution in [2.24, 2.45) is 0 Å². The molecule has 0 saturated carbocycles. The summed E-state index contributed by atoms with van der Waals surface area (Å²) in [5, 5.41) is 0. The van der Waals surface area contributed by atoms with Gasteiger partial charge in [-0.1, -0.05) is 0 Å². The van der Waals surface area contributed by atoms with Gasteiger partial charge in [-0.05, 0) is 0 Å². The normalized spacial score (nSPS) is 0. The third-order valence-corrected chi connectivity index (χ3v) is 0. The zero-order valence-electron chi connectivity index (χ0n) is 3.21. The van der Waals surface area contributed by atoms with Crippen LogP contribution in [0.1, 0.15) is 0 Å². The molecular weight excluding hydrogens is 1650 g/mol. The summed E-state index contributed by atoms with van der Waals surface area (Å²) in [6, 6.07) is 0. The van der Waals surface area contributed by atoms with Gasteiger partial charge < -0.3 is 0 Å². The molecule has 78 valence electrons. The van der Waals surface area contributed by atoms with Crippen LogP contribution >= 0.6 is 0 Å². The minimum atomic E-state index is 0. The Morgan fingerprint density at radius 3 is 0.222 bits per heavy atom. The summed E-state index contributed by atoms with van der Waals surface area (Å²) in [7, 11) is 0. The van der Waals surface area contributed by atoms with Crippen LogP contribution in [0.15, 0.2) is 0 Å². The van der Waals surface area contributed by atoms with Crippen LogP contribution in [-0.4, -0.2) is 0 Å². The Labute approximate surface area is 222 Å². The van der Waals surface area contributed by atoms with Crippen molar-refractivity contribution in [3.05, 3.63) is 0 Å². The van der Waals surface area contributed by atoms with Crippen LogP contribution in [0.3, 0.4) is 0 Å². The first kappa shape index (κ1) is 70.4. The Morgan fingerprint density at radius 2 is 0.222 bits per heavy atom. The van der Waals surface area contributed by atoms with E-state index in [1.165, 1.54) is 0 Å². The largest absolute Gasteiger partial charge is 0 e. The van der Waals surface area contributed by atoms with Crippen molar-refractivity contribution >= 4 is 0 Å². The van der Waals surface area contributed by atoms with Crippen molar-refractivity contribution in [3.8, 4) is 0 Å². The molecule has 0 fully saturated rings. The molecule has 0 spiro atoms. The van der Waals surface area contributed by atoms with E-state index in [1.807, 2.05) is 0 Å². The van der Waals surface area contributed by atoms with Gasteiger partial charge in [0.05, 0.1) is 0 Å². The Hall–Kier alpha value is 7.52. The molecule has 9 heavy (non-hydrogen) atoms. The maximum absolute atomic E-state index is 0. The second-order valence-electron chi connectivity index (χ2n) is 0. The molecule has 0 radical (unpaired) electrons. The summed E-state index contributed by atoms with van der Waals surface area (Å²) in [6.07, 6.45) is 0. The van der Waals surface area contributed by atoms with Crippen LogP contribution in [0.5, 0.6) is 0 Å². The maximum Gasteiger partial charge on any atom is 0 e. The number of hydrogen-bond donors (Lipinski definition) is 0. The van der Waals surface area contributed by atoms with Crippen LogP contribution in [0, 0.1) is 81.7 Å². The van der Waals surface area contributed by atoms with Crippen LogP contribution < -0.4 is 0 Å². The molecule has 0 amide bonds. The summed E-state index contributed by atoms with van der Waals surface area (Å²) < 4.78 is 0. The molecule has 0 aliphatic heterocycles. The first-order chi connectivity index (χ1) is 0. The smallest absolute Gasteiger partial charge is 0 e. The molecule has 0 nitrogen and oxygen atoms in total. The number of hydrogen-bond acceptors (Lipinski definition) is 0. The zero-order chi connectivity index (χ0) is 0. The quantitative estimate of drug-likeness (QED) is 0.321. The van der Waals surface area contributed by atoms with Crippen LogP contribution in [0.4, 0.5) is 0 Å². The summed E-state index contributed by atoms with van der Waals surface area (Å²) in [4.78, 5) is 0. The topological polar surface area (TPSA) is 0 Å². The van der Waals surface area contributed by atoms with Gasteiger partial charge in [-0.3, -0.25) is 0 Å². The first-order valence-electron chi connectivity index (χ1n) is 0. The number of rotatable bonds is 0. The minimum absolute atomic E-state index is 0. The fraction of sp³-hybridized carbons (Fsp3) is 0. The summed E-state index contributed by atoms with van der Waals surface area (Å²) in [5.41, 5.74) is 0. The molecule has 0 aromatic heterocycles. The molecule has 0 aromatic carbocycles. The van der Waals surface area contributed by atoms with Gasteiger partial charge in [0.1, 0.15) is 0 Å². The molecule has 0 atom stereocenters. The minimum Gasteiger partial charge on any atom is 0 e. The molecule has 0 N–H and O–H groups in total. The Bertz CT molecular complexity index is 6.88. The standard InChI is InChI=1S/2Nd.7Pt. The summed E-state index contributed by atoms with van der Waals surface area (Å²) >= 11 is 0. The molecular formula is Nd2Pt7. The molecule has 0 aromatic rings. The van der Waals surface area contributed by atoms with Gasteiger partial charge in [-0.25, -0.2) is 0 Å². The van der Waals surface area contributed by atoms with Crippen molar-refractivity contribution in [3.63, 3.8) is 0 Å². The summed E-state index contributed by atoms with van der Waals surface area (Å²) in [5.74, 6) is 0. The van der Waals surface area contributed by atoms with Crippen LogP contribution in [-0.2, 0) is 147 Å². The van der Waals surface area contributed by atoms with Crippen LogP contribution in [0.2, 0.25) is 0 Å². The van der Waals surface area contributed by atoms with Gasteiger partial charge in [0.2, 0.25) is 0 Å². The first-order valence-corrected chi connectivity index (χ1v) is 0. The average molecular weight is 1650 g/mol. The van der Waals surface area contributed by atoms with E-state index in [0.29, 0.717) is 0 Å². The molecule has 0 saturated heterocycles. The van der Waals surface area contributed by atoms with E-state index in [-0.39, 0.29) is 229 Å². The molecule has 0 aliphatic rings. The van der Waals surface area contributed by atoms with E-state index in [9.17, 15) is 0 Å². The Morgan fingerprint density at radius 1 is 0.222 bits per heavy atom. The average Bonchev–Trinajstić information content (AvgIpc) is 0. The van der Waals surface area contributed by atoms with E-state index in [2.05, 4.69) is 0 Å². The molecule has 9 heteroatoms. The van der Waals surface area contributed by atoms with Gasteiger partial charge in [-0.15, -0.1) is 0 Å². The fourth-order valence-electron chi connectivity index (χ4n) is 0. The monoisotopic (exact) mass is 1650 g/mol. The molecule has 0 unspecified atom stereocenters. The van der Waals surface area contributed by atoms with Gasteiger partial charge in [0, 0.05) is 229 Å². The maximum atomic E-state index is 0. The predicted molar refractivity (Wildman–Crippen MR) is 0 cm³/mol. The van der Waals surface area contributed by atoms with Crippen molar-refractivity contribution < 1.29 is 229 Å². The third kappa shape index (κ3) is 50.2. The fourth-order valence-corrected chi connectivity index (χ4v) is 0. The van der Waals surface area contributed by atoms with Crippen molar-refractivity contribution in [1.82, 2.24) is 0 Å². The van der Waals surface area contributed by atoms with Gasteiger partial charge >= 0.3 is 0 Å². The third-order valence-electron chi connectivity index (χ3n) is 0. The van der Waals surface area contributed by atoms with Crippen molar-refractivity contribution in [2.75, 3.05) is 0 Å². The van der Waals surface area contributed by atoms with E-state index < -0.39 is 0 Å². The van der Waals surface area contributed by atoms with Crippen LogP contribution in [0.25, 0.3) is 0 Å². The molecule has 0 rings (SSSR count). The zero-order valence-corrected chi connectivity index (χ0v) is 25.5.